The van der Waals surface area contributed by atoms with Gasteiger partial charge in [-0.1, -0.05) is 37.3 Å². The fourth-order valence-electron chi connectivity index (χ4n) is 2.74. The molecule has 20 heavy (non-hydrogen) atoms. The van der Waals surface area contributed by atoms with Crippen LogP contribution in [-0.2, 0) is 5.41 Å². The van der Waals surface area contributed by atoms with Crippen molar-refractivity contribution in [3.8, 4) is 0 Å². The van der Waals surface area contributed by atoms with E-state index in [1.54, 1.807) is 0 Å². The maximum absolute atomic E-state index is 7.12. The van der Waals surface area contributed by atoms with Crippen LogP contribution in [-0.4, -0.2) is 6.21 Å². The minimum atomic E-state index is 0.317. The summed E-state index contributed by atoms with van der Waals surface area (Å²) in [7, 11) is 0. The van der Waals surface area contributed by atoms with Gasteiger partial charge < -0.3 is 11.1 Å². The predicted octanol–water partition coefficient (Wildman–Crippen LogP) is 4.23. The van der Waals surface area contributed by atoms with Crippen molar-refractivity contribution in [3.05, 3.63) is 53.6 Å². The number of allylic oxidation sites excluding steroid dienone is 1. The van der Waals surface area contributed by atoms with Crippen molar-refractivity contribution in [3.63, 3.8) is 0 Å². The molecule has 2 nitrogen and oxygen atoms in total. The zero-order valence-electron chi connectivity index (χ0n) is 11.8. The maximum Gasteiger partial charge on any atom is 0.0351 e. The van der Waals surface area contributed by atoms with Crippen LogP contribution in [0.5, 0.6) is 0 Å². The Bertz CT molecular complexity index is 694. The molecule has 0 aromatic heterocycles. The van der Waals surface area contributed by atoms with Gasteiger partial charge in [0.25, 0.3) is 0 Å². The Hall–Kier alpha value is -2.09. The van der Waals surface area contributed by atoms with E-state index in [1.807, 2.05) is 6.08 Å². The van der Waals surface area contributed by atoms with Crippen molar-refractivity contribution in [2.24, 2.45) is 5.73 Å². The van der Waals surface area contributed by atoms with E-state index in [4.69, 9.17) is 11.1 Å². The molecule has 0 bridgehead atoms. The fourth-order valence-corrected chi connectivity index (χ4v) is 2.74. The Morgan fingerprint density at radius 2 is 2.05 bits per heavy atom. The molecule has 2 aromatic carbocycles. The molecule has 102 valence electrons. The lowest BCUT2D eigenvalue weighted by molar-refractivity contribution is 0.796. The van der Waals surface area contributed by atoms with E-state index >= 15 is 0 Å². The second kappa shape index (κ2) is 4.78. The average Bonchev–Trinajstić information content (AvgIpc) is 3.22. The Morgan fingerprint density at radius 3 is 2.75 bits per heavy atom. The summed E-state index contributed by atoms with van der Waals surface area (Å²) in [6.07, 6.45) is 6.38. The summed E-state index contributed by atoms with van der Waals surface area (Å²) in [4.78, 5) is 0. The first-order valence-corrected chi connectivity index (χ1v) is 7.12. The quantitative estimate of drug-likeness (QED) is 0.798. The second-order valence-electron chi connectivity index (χ2n) is 5.90. The van der Waals surface area contributed by atoms with Crippen molar-refractivity contribution in [2.75, 3.05) is 0 Å². The highest BCUT2D eigenvalue weighted by molar-refractivity contribution is 5.90. The number of rotatable bonds is 4. The molecule has 2 aromatic rings. The summed E-state index contributed by atoms with van der Waals surface area (Å²) >= 11 is 0. The minimum Gasteiger partial charge on any atom is -0.398 e. The fraction of sp³-hybridized carbons (Fsp3) is 0.278. The molecular formula is C18H20N2. The van der Waals surface area contributed by atoms with Crippen LogP contribution >= 0.6 is 0 Å². The summed E-state index contributed by atoms with van der Waals surface area (Å²) < 4.78 is 0. The van der Waals surface area contributed by atoms with Crippen molar-refractivity contribution < 1.29 is 0 Å². The van der Waals surface area contributed by atoms with Gasteiger partial charge in [-0.05, 0) is 58.5 Å². The lowest BCUT2D eigenvalue weighted by Crippen LogP contribution is -2.04. The molecule has 0 atom stereocenters. The minimum absolute atomic E-state index is 0.317. The van der Waals surface area contributed by atoms with Gasteiger partial charge in [0.2, 0.25) is 0 Å². The van der Waals surface area contributed by atoms with Gasteiger partial charge in [0.15, 0.2) is 0 Å². The molecule has 3 N–H and O–H groups in total. The predicted molar refractivity (Wildman–Crippen MR) is 86.1 cm³/mol. The van der Waals surface area contributed by atoms with Gasteiger partial charge in [0.1, 0.15) is 0 Å². The van der Waals surface area contributed by atoms with E-state index in [1.165, 1.54) is 35.4 Å². The third-order valence-electron chi connectivity index (χ3n) is 4.30. The highest BCUT2D eigenvalue weighted by atomic mass is 14.6. The Labute approximate surface area is 119 Å². The van der Waals surface area contributed by atoms with E-state index in [2.05, 4.69) is 43.3 Å². The first-order valence-electron chi connectivity index (χ1n) is 7.12. The Balaban J connectivity index is 2.18. The Kier molecular flexibility index (Phi) is 3.09. The van der Waals surface area contributed by atoms with Crippen LogP contribution in [0.15, 0.2) is 42.5 Å². The number of hydrogen-bond acceptors (Lipinski definition) is 2. The van der Waals surface area contributed by atoms with Crippen LogP contribution in [0.3, 0.4) is 0 Å². The van der Waals surface area contributed by atoms with Gasteiger partial charge >= 0.3 is 0 Å². The van der Waals surface area contributed by atoms with Crippen LogP contribution in [0, 0.1) is 5.41 Å². The number of nitrogens with two attached hydrogens (primary N) is 1. The molecule has 0 aliphatic heterocycles. The van der Waals surface area contributed by atoms with Crippen LogP contribution < -0.4 is 5.73 Å². The number of fused-ring (bicyclic) bond motifs is 1. The molecule has 2 heteroatoms. The van der Waals surface area contributed by atoms with Crippen molar-refractivity contribution in [1.82, 2.24) is 0 Å². The molecule has 3 rings (SSSR count). The molecule has 0 radical (unpaired) electrons. The molecular weight excluding hydrogens is 244 g/mol. The third-order valence-corrected chi connectivity index (χ3v) is 4.30. The number of nitrogens with one attached hydrogen (secondary N) is 1. The lowest BCUT2D eigenvalue weighted by Gasteiger charge is -2.15. The molecule has 1 saturated carbocycles. The molecule has 1 aliphatic carbocycles. The van der Waals surface area contributed by atoms with Gasteiger partial charge in [-0.3, -0.25) is 0 Å². The third kappa shape index (κ3) is 2.22. The van der Waals surface area contributed by atoms with Gasteiger partial charge in [-0.25, -0.2) is 0 Å². The SMILES string of the molecule is CC1(c2cc(/C(N)=C/CC=N)cc3ccccc23)CC1. The van der Waals surface area contributed by atoms with Crippen LogP contribution in [0.25, 0.3) is 16.5 Å². The zero-order valence-corrected chi connectivity index (χ0v) is 11.8. The summed E-state index contributed by atoms with van der Waals surface area (Å²) in [5.74, 6) is 0. The van der Waals surface area contributed by atoms with E-state index in [-0.39, 0.29) is 0 Å². The summed E-state index contributed by atoms with van der Waals surface area (Å²) in [5.41, 5.74) is 9.74. The molecule has 0 amide bonds. The van der Waals surface area contributed by atoms with Crippen molar-refractivity contribution in [1.29, 1.82) is 5.41 Å². The summed E-state index contributed by atoms with van der Waals surface area (Å²) in [6.45, 7) is 2.33. The Morgan fingerprint density at radius 1 is 1.30 bits per heavy atom. The first-order chi connectivity index (χ1) is 9.64. The largest absolute Gasteiger partial charge is 0.398 e. The number of hydrogen-bond donors (Lipinski definition) is 2. The zero-order chi connectivity index (χ0) is 14.2. The van der Waals surface area contributed by atoms with Crippen LogP contribution in [0.2, 0.25) is 0 Å². The smallest absolute Gasteiger partial charge is 0.0351 e. The normalized spacial score (nSPS) is 17.1. The summed E-state index contributed by atoms with van der Waals surface area (Å²) in [6, 6.07) is 12.9. The molecule has 0 unspecified atom stereocenters. The maximum atomic E-state index is 7.12. The van der Waals surface area contributed by atoms with Gasteiger partial charge in [0, 0.05) is 12.1 Å². The van der Waals surface area contributed by atoms with Crippen molar-refractivity contribution >= 4 is 22.7 Å². The first kappa shape index (κ1) is 12.9. The highest BCUT2D eigenvalue weighted by Crippen LogP contribution is 2.50. The molecule has 0 saturated heterocycles. The van der Waals surface area contributed by atoms with E-state index < -0.39 is 0 Å². The van der Waals surface area contributed by atoms with E-state index in [0.29, 0.717) is 11.8 Å². The average molecular weight is 264 g/mol. The van der Waals surface area contributed by atoms with Crippen LogP contribution in [0.4, 0.5) is 0 Å². The highest BCUT2D eigenvalue weighted by Gasteiger charge is 2.40. The van der Waals surface area contributed by atoms with Gasteiger partial charge in [-0.15, -0.1) is 0 Å². The van der Waals surface area contributed by atoms with E-state index in [9.17, 15) is 0 Å². The topological polar surface area (TPSA) is 49.9 Å². The van der Waals surface area contributed by atoms with Crippen LogP contribution in [0.1, 0.15) is 37.3 Å². The standard InChI is InChI=1S/C18H20N2/c1-18(8-9-18)16-12-14(17(20)7-4-10-19)11-13-5-2-3-6-15(13)16/h2-3,5-7,10-12,19H,4,8-9,20H2,1H3/b17-7-,19-10?. The molecule has 0 spiro atoms. The number of benzene rings is 2. The lowest BCUT2D eigenvalue weighted by atomic mass is 9.90. The monoisotopic (exact) mass is 264 g/mol. The van der Waals surface area contributed by atoms with Gasteiger partial charge in [0.05, 0.1) is 0 Å². The molecule has 1 fully saturated rings. The summed E-state index contributed by atoms with van der Waals surface area (Å²) in [5, 5.41) is 9.71. The van der Waals surface area contributed by atoms with Gasteiger partial charge in [-0.2, -0.15) is 0 Å². The van der Waals surface area contributed by atoms with E-state index in [0.717, 1.165) is 11.3 Å². The molecule has 0 heterocycles. The molecule has 1 aliphatic rings. The second-order valence-corrected chi connectivity index (χ2v) is 5.90. The van der Waals surface area contributed by atoms with Crippen molar-refractivity contribution in [2.45, 2.75) is 31.6 Å².